The molecular formula is C27H46O. The number of ether oxygens (including phenoxy) is 1. The van der Waals surface area contributed by atoms with Crippen LogP contribution in [0.3, 0.4) is 0 Å². The molecule has 5 fully saturated rings. The Balaban J connectivity index is 1.30. The van der Waals surface area contributed by atoms with E-state index >= 15 is 0 Å². The van der Waals surface area contributed by atoms with Crippen LogP contribution in [0.4, 0.5) is 0 Å². The first-order chi connectivity index (χ1) is 13.3. The van der Waals surface area contributed by atoms with Crippen LogP contribution >= 0.6 is 0 Å². The van der Waals surface area contributed by atoms with E-state index in [-0.39, 0.29) is 0 Å². The first kappa shape index (κ1) is 19.9. The van der Waals surface area contributed by atoms with Crippen LogP contribution in [-0.2, 0) is 4.74 Å². The molecule has 0 amide bonds. The second-order valence-corrected chi connectivity index (χ2v) is 12.8. The van der Waals surface area contributed by atoms with Crippen LogP contribution in [0.5, 0.6) is 0 Å². The van der Waals surface area contributed by atoms with E-state index in [0.717, 1.165) is 41.4 Å². The van der Waals surface area contributed by atoms with Gasteiger partial charge in [-0.15, -0.1) is 0 Å². The van der Waals surface area contributed by atoms with Crippen molar-refractivity contribution in [1.29, 1.82) is 0 Å². The third-order valence-corrected chi connectivity index (χ3v) is 11.1. The van der Waals surface area contributed by atoms with Crippen molar-refractivity contribution in [3.05, 3.63) is 0 Å². The molecule has 0 spiro atoms. The van der Waals surface area contributed by atoms with Crippen LogP contribution in [0.15, 0.2) is 0 Å². The molecule has 0 aromatic heterocycles. The molecule has 0 radical (unpaired) electrons. The van der Waals surface area contributed by atoms with E-state index in [9.17, 15) is 0 Å². The topological polar surface area (TPSA) is 12.5 Å². The lowest BCUT2D eigenvalue weighted by atomic mass is 9.44. The normalized spacial score (nSPS) is 53.1. The Labute approximate surface area is 174 Å². The van der Waals surface area contributed by atoms with Gasteiger partial charge in [-0.05, 0) is 104 Å². The Morgan fingerprint density at radius 3 is 2.29 bits per heavy atom. The summed E-state index contributed by atoms with van der Waals surface area (Å²) in [6.07, 6.45) is 17.6. The largest absolute Gasteiger partial charge is 0.369 e. The summed E-state index contributed by atoms with van der Waals surface area (Å²) in [5, 5.41) is 0. The Bertz CT molecular complexity index is 583. The fourth-order valence-electron chi connectivity index (χ4n) is 9.62. The van der Waals surface area contributed by atoms with E-state index in [1.165, 1.54) is 64.2 Å². The zero-order chi connectivity index (χ0) is 19.7. The SMILES string of the molecule is CC(C)CCC[C@@H](C)[C@@H]1CC[C@@H]2[C@@H]3CC[C@H]4[C@@H]5O[C@@H]5CC[C@]4(C)[C@H]3CC[C@@]21C. The second-order valence-electron chi connectivity index (χ2n) is 12.8. The van der Waals surface area contributed by atoms with Gasteiger partial charge in [0.1, 0.15) is 0 Å². The van der Waals surface area contributed by atoms with Crippen molar-refractivity contribution in [2.75, 3.05) is 0 Å². The van der Waals surface area contributed by atoms with Crippen LogP contribution in [-0.4, -0.2) is 12.2 Å². The molecule has 5 rings (SSSR count). The van der Waals surface area contributed by atoms with E-state index in [4.69, 9.17) is 4.74 Å². The number of fused-ring (bicyclic) bond motifs is 7. The Morgan fingerprint density at radius 1 is 0.786 bits per heavy atom. The van der Waals surface area contributed by atoms with Gasteiger partial charge in [0.2, 0.25) is 0 Å². The van der Waals surface area contributed by atoms with Crippen LogP contribution < -0.4 is 0 Å². The van der Waals surface area contributed by atoms with Crippen molar-refractivity contribution >= 4 is 0 Å². The van der Waals surface area contributed by atoms with E-state index in [0.29, 0.717) is 23.0 Å². The third kappa shape index (κ3) is 2.96. The summed E-state index contributed by atoms with van der Waals surface area (Å²) in [4.78, 5) is 0. The van der Waals surface area contributed by atoms with Gasteiger partial charge in [-0.3, -0.25) is 0 Å². The van der Waals surface area contributed by atoms with Crippen molar-refractivity contribution in [2.24, 2.45) is 52.3 Å². The fraction of sp³-hybridized carbons (Fsp3) is 1.00. The summed E-state index contributed by atoms with van der Waals surface area (Å²) in [6, 6.07) is 0. The van der Waals surface area contributed by atoms with Crippen molar-refractivity contribution in [1.82, 2.24) is 0 Å². The molecule has 1 heterocycles. The molecule has 4 aliphatic carbocycles. The quantitative estimate of drug-likeness (QED) is 0.446. The van der Waals surface area contributed by atoms with Gasteiger partial charge < -0.3 is 4.74 Å². The molecular weight excluding hydrogens is 340 g/mol. The number of epoxide rings is 1. The molecule has 0 N–H and O–H groups in total. The second kappa shape index (κ2) is 7.00. The first-order valence-corrected chi connectivity index (χ1v) is 13.0. The van der Waals surface area contributed by atoms with Crippen LogP contribution in [0.25, 0.3) is 0 Å². The predicted molar refractivity (Wildman–Crippen MR) is 117 cm³/mol. The minimum absolute atomic E-state index is 0.600. The average Bonchev–Trinajstić information content (AvgIpc) is 3.34. The minimum Gasteiger partial charge on any atom is -0.369 e. The molecule has 5 aliphatic rings. The van der Waals surface area contributed by atoms with Gasteiger partial charge in [-0.25, -0.2) is 0 Å². The molecule has 0 unspecified atom stereocenters. The summed E-state index contributed by atoms with van der Waals surface area (Å²) in [7, 11) is 0. The smallest absolute Gasteiger partial charge is 0.0875 e. The zero-order valence-electron chi connectivity index (χ0n) is 19.4. The maximum atomic E-state index is 6.10. The lowest BCUT2D eigenvalue weighted by Gasteiger charge is -2.60. The fourth-order valence-corrected chi connectivity index (χ4v) is 9.62. The maximum Gasteiger partial charge on any atom is 0.0875 e. The summed E-state index contributed by atoms with van der Waals surface area (Å²) < 4.78 is 6.10. The highest BCUT2D eigenvalue weighted by atomic mass is 16.6. The highest BCUT2D eigenvalue weighted by molar-refractivity contribution is 5.13. The molecule has 28 heavy (non-hydrogen) atoms. The number of rotatable bonds is 5. The monoisotopic (exact) mass is 386 g/mol. The third-order valence-electron chi connectivity index (χ3n) is 11.1. The molecule has 4 saturated carbocycles. The van der Waals surface area contributed by atoms with Crippen LogP contribution in [0.2, 0.25) is 0 Å². The van der Waals surface area contributed by atoms with Gasteiger partial charge in [0.25, 0.3) is 0 Å². The van der Waals surface area contributed by atoms with Crippen molar-refractivity contribution in [2.45, 2.75) is 117 Å². The molecule has 0 aromatic carbocycles. The van der Waals surface area contributed by atoms with E-state index < -0.39 is 0 Å². The van der Waals surface area contributed by atoms with E-state index in [2.05, 4.69) is 34.6 Å². The van der Waals surface area contributed by atoms with Crippen molar-refractivity contribution in [3.8, 4) is 0 Å². The summed E-state index contributed by atoms with van der Waals surface area (Å²) in [5.41, 5.74) is 1.25. The molecule has 1 nitrogen and oxygen atoms in total. The molecule has 1 aliphatic heterocycles. The molecule has 160 valence electrons. The van der Waals surface area contributed by atoms with Crippen LogP contribution in [0, 0.1) is 52.3 Å². The Hall–Kier alpha value is -0.0400. The summed E-state index contributed by atoms with van der Waals surface area (Å²) in [5.74, 6) is 6.76. The summed E-state index contributed by atoms with van der Waals surface area (Å²) in [6.45, 7) is 12.8. The Kier molecular flexibility index (Phi) is 4.97. The van der Waals surface area contributed by atoms with Gasteiger partial charge in [0, 0.05) is 0 Å². The highest BCUT2D eigenvalue weighted by Gasteiger charge is 2.65. The zero-order valence-corrected chi connectivity index (χ0v) is 19.4. The first-order valence-electron chi connectivity index (χ1n) is 13.0. The Morgan fingerprint density at radius 2 is 1.50 bits per heavy atom. The molecule has 0 bridgehead atoms. The highest BCUT2D eigenvalue weighted by Crippen LogP contribution is 2.69. The molecule has 1 saturated heterocycles. The molecule has 10 atom stereocenters. The van der Waals surface area contributed by atoms with Gasteiger partial charge >= 0.3 is 0 Å². The minimum atomic E-state index is 0.600. The molecule has 1 heteroatoms. The van der Waals surface area contributed by atoms with Crippen molar-refractivity contribution < 1.29 is 4.74 Å². The average molecular weight is 387 g/mol. The lowest BCUT2D eigenvalue weighted by molar-refractivity contribution is -0.111. The lowest BCUT2D eigenvalue weighted by Crippen LogP contribution is -2.54. The summed E-state index contributed by atoms with van der Waals surface area (Å²) >= 11 is 0. The molecule has 0 aromatic rings. The van der Waals surface area contributed by atoms with E-state index in [1.807, 2.05) is 0 Å². The maximum absolute atomic E-state index is 6.10. The number of hydrogen-bond acceptors (Lipinski definition) is 1. The van der Waals surface area contributed by atoms with Crippen molar-refractivity contribution in [3.63, 3.8) is 0 Å². The predicted octanol–water partition coefficient (Wildman–Crippen LogP) is 7.49. The van der Waals surface area contributed by atoms with Gasteiger partial charge in [-0.1, -0.05) is 53.9 Å². The van der Waals surface area contributed by atoms with Gasteiger partial charge in [0.05, 0.1) is 12.2 Å². The van der Waals surface area contributed by atoms with Crippen LogP contribution in [0.1, 0.15) is 105 Å². The van der Waals surface area contributed by atoms with E-state index in [1.54, 1.807) is 6.42 Å². The van der Waals surface area contributed by atoms with Gasteiger partial charge in [-0.2, -0.15) is 0 Å². The standard InChI is InChI=1S/C27H46O/c1-17(2)7-6-8-18(3)20-11-12-21-19-9-10-23-25-24(28-25)14-16-27(23,5)22(19)13-15-26(20,21)4/h17-25H,6-16H2,1-5H3/t18-,19+,20+,21-,22+,23+,24-,25+,26-,27-/m1/s1. The number of hydrogen-bond donors (Lipinski definition) is 0. The van der Waals surface area contributed by atoms with Gasteiger partial charge in [0.15, 0.2) is 0 Å².